The molecule has 3 aromatic heterocycles. The van der Waals surface area contributed by atoms with E-state index in [9.17, 15) is 0 Å². The first kappa shape index (κ1) is 14.1. The Morgan fingerprint density at radius 2 is 2.05 bits per heavy atom. The van der Waals surface area contributed by atoms with Crippen LogP contribution in [0.1, 0.15) is 43.8 Å². The van der Waals surface area contributed by atoms with Gasteiger partial charge in [-0.25, -0.2) is 14.5 Å². The third-order valence-electron chi connectivity index (χ3n) is 3.28. The zero-order valence-corrected chi connectivity index (χ0v) is 13.7. The van der Waals surface area contributed by atoms with Crippen LogP contribution >= 0.6 is 11.3 Å². The minimum Gasteiger partial charge on any atom is -0.444 e. The molecule has 3 rings (SSSR count). The second kappa shape index (κ2) is 4.84. The lowest BCUT2D eigenvalue weighted by atomic mass is 9.93. The standard InChI is InChI=1S/C14H19N5OS/c1-8-9(2)20-11(16-8)6-15-12-18-19-7-10(14(3,4)5)17-13(19)21-12/h7H,6H2,1-5H3,(H,15,18). The van der Waals surface area contributed by atoms with Gasteiger partial charge in [0.05, 0.1) is 24.1 Å². The van der Waals surface area contributed by atoms with E-state index in [-0.39, 0.29) is 5.41 Å². The van der Waals surface area contributed by atoms with Gasteiger partial charge in [0.1, 0.15) is 5.76 Å². The summed E-state index contributed by atoms with van der Waals surface area (Å²) in [6, 6.07) is 0. The van der Waals surface area contributed by atoms with Gasteiger partial charge < -0.3 is 9.73 Å². The van der Waals surface area contributed by atoms with E-state index >= 15 is 0 Å². The number of hydrogen-bond donors (Lipinski definition) is 1. The van der Waals surface area contributed by atoms with Crippen molar-refractivity contribution in [3.63, 3.8) is 0 Å². The molecule has 6 nitrogen and oxygen atoms in total. The molecule has 0 unspecified atom stereocenters. The van der Waals surface area contributed by atoms with Crippen LogP contribution in [0.5, 0.6) is 0 Å². The molecule has 0 fully saturated rings. The average Bonchev–Trinajstić information content (AvgIpc) is 2.99. The van der Waals surface area contributed by atoms with Gasteiger partial charge in [0.25, 0.3) is 0 Å². The molecule has 0 aliphatic rings. The molecular formula is C14H19N5OS. The predicted molar refractivity (Wildman–Crippen MR) is 82.9 cm³/mol. The summed E-state index contributed by atoms with van der Waals surface area (Å²) >= 11 is 1.52. The third-order valence-corrected chi connectivity index (χ3v) is 4.16. The van der Waals surface area contributed by atoms with Crippen LogP contribution in [0.25, 0.3) is 4.96 Å². The van der Waals surface area contributed by atoms with Gasteiger partial charge in [-0.05, 0) is 13.8 Å². The van der Waals surface area contributed by atoms with Crippen LogP contribution in [0, 0.1) is 13.8 Å². The zero-order valence-electron chi connectivity index (χ0n) is 12.9. The first-order valence-electron chi connectivity index (χ1n) is 6.86. The second-order valence-corrected chi connectivity index (χ2v) is 7.07. The number of nitrogens with one attached hydrogen (secondary N) is 1. The zero-order chi connectivity index (χ0) is 15.2. The van der Waals surface area contributed by atoms with Gasteiger partial charge in [-0.2, -0.15) is 0 Å². The van der Waals surface area contributed by atoms with Crippen molar-refractivity contribution in [2.75, 3.05) is 5.32 Å². The maximum absolute atomic E-state index is 5.54. The summed E-state index contributed by atoms with van der Waals surface area (Å²) < 4.78 is 7.36. The fourth-order valence-corrected chi connectivity index (χ4v) is 2.68. The lowest BCUT2D eigenvalue weighted by Gasteiger charge is -2.13. The summed E-state index contributed by atoms with van der Waals surface area (Å²) in [7, 11) is 0. The van der Waals surface area contributed by atoms with Gasteiger partial charge in [0.15, 0.2) is 0 Å². The maximum atomic E-state index is 5.54. The molecule has 3 heterocycles. The fourth-order valence-electron chi connectivity index (χ4n) is 1.90. The Labute approximate surface area is 127 Å². The van der Waals surface area contributed by atoms with Crippen molar-refractivity contribution in [2.45, 2.75) is 46.6 Å². The molecule has 112 valence electrons. The number of anilines is 1. The van der Waals surface area contributed by atoms with Crippen LogP contribution < -0.4 is 5.32 Å². The lowest BCUT2D eigenvalue weighted by molar-refractivity contribution is 0.478. The average molecular weight is 305 g/mol. The Bertz CT molecular complexity index is 726. The van der Waals surface area contributed by atoms with Gasteiger partial charge >= 0.3 is 0 Å². The lowest BCUT2D eigenvalue weighted by Crippen LogP contribution is -2.11. The topological polar surface area (TPSA) is 68.2 Å². The minimum absolute atomic E-state index is 0.0359. The normalized spacial score (nSPS) is 12.2. The molecule has 0 saturated heterocycles. The molecule has 0 bridgehead atoms. The monoisotopic (exact) mass is 305 g/mol. The van der Waals surface area contributed by atoms with Crippen molar-refractivity contribution >= 4 is 21.4 Å². The van der Waals surface area contributed by atoms with E-state index < -0.39 is 0 Å². The third kappa shape index (κ3) is 2.78. The van der Waals surface area contributed by atoms with Crippen molar-refractivity contribution < 1.29 is 4.42 Å². The number of fused-ring (bicyclic) bond motifs is 1. The number of rotatable bonds is 3. The highest BCUT2D eigenvalue weighted by molar-refractivity contribution is 7.20. The number of nitrogens with zero attached hydrogens (tertiary/aromatic N) is 4. The Kier molecular flexibility index (Phi) is 3.24. The second-order valence-electron chi connectivity index (χ2n) is 6.11. The van der Waals surface area contributed by atoms with Crippen LogP contribution in [0.3, 0.4) is 0 Å². The van der Waals surface area contributed by atoms with Crippen LogP contribution in [0.4, 0.5) is 5.13 Å². The molecule has 0 aliphatic carbocycles. The molecule has 0 spiro atoms. The van der Waals surface area contributed by atoms with Crippen molar-refractivity contribution in [1.82, 2.24) is 19.6 Å². The van der Waals surface area contributed by atoms with Crippen molar-refractivity contribution in [1.29, 1.82) is 0 Å². The van der Waals surface area contributed by atoms with Crippen molar-refractivity contribution in [3.05, 3.63) is 29.2 Å². The minimum atomic E-state index is 0.0359. The molecule has 0 atom stereocenters. The molecule has 3 aromatic rings. The first-order valence-corrected chi connectivity index (χ1v) is 7.68. The summed E-state index contributed by atoms with van der Waals surface area (Å²) in [5.74, 6) is 1.53. The molecule has 1 N–H and O–H groups in total. The molecular weight excluding hydrogens is 286 g/mol. The smallest absolute Gasteiger partial charge is 0.214 e. The van der Waals surface area contributed by atoms with Crippen LogP contribution in [-0.4, -0.2) is 19.6 Å². The molecule has 0 aromatic carbocycles. The largest absolute Gasteiger partial charge is 0.444 e. The van der Waals surface area contributed by atoms with E-state index in [1.807, 2.05) is 24.6 Å². The molecule has 0 saturated carbocycles. The summed E-state index contributed by atoms with van der Waals surface area (Å²) in [4.78, 5) is 9.85. The Morgan fingerprint density at radius 3 is 2.62 bits per heavy atom. The first-order chi connectivity index (χ1) is 9.83. The van der Waals surface area contributed by atoms with E-state index in [0.29, 0.717) is 12.4 Å². The van der Waals surface area contributed by atoms with Crippen molar-refractivity contribution in [3.8, 4) is 0 Å². The molecule has 0 amide bonds. The van der Waals surface area contributed by atoms with Gasteiger partial charge in [0.2, 0.25) is 16.0 Å². The molecule has 0 radical (unpaired) electrons. The Morgan fingerprint density at radius 1 is 1.29 bits per heavy atom. The van der Waals surface area contributed by atoms with E-state index in [2.05, 4.69) is 41.2 Å². The molecule has 7 heteroatoms. The van der Waals surface area contributed by atoms with Gasteiger partial charge in [-0.1, -0.05) is 32.1 Å². The van der Waals surface area contributed by atoms with Gasteiger partial charge in [-0.3, -0.25) is 0 Å². The van der Waals surface area contributed by atoms with E-state index in [4.69, 9.17) is 4.42 Å². The number of aryl methyl sites for hydroxylation is 2. The number of aromatic nitrogens is 4. The van der Waals surface area contributed by atoms with Crippen LogP contribution in [0.15, 0.2) is 10.6 Å². The van der Waals surface area contributed by atoms with E-state index in [0.717, 1.165) is 27.2 Å². The molecule has 21 heavy (non-hydrogen) atoms. The van der Waals surface area contributed by atoms with Crippen LogP contribution in [-0.2, 0) is 12.0 Å². The highest BCUT2D eigenvalue weighted by Gasteiger charge is 2.19. The molecule has 0 aliphatic heterocycles. The quantitative estimate of drug-likeness (QED) is 0.804. The van der Waals surface area contributed by atoms with Crippen molar-refractivity contribution in [2.24, 2.45) is 0 Å². The summed E-state index contributed by atoms with van der Waals surface area (Å²) in [6.45, 7) is 10.8. The van der Waals surface area contributed by atoms with E-state index in [1.165, 1.54) is 11.3 Å². The predicted octanol–water partition coefficient (Wildman–Crippen LogP) is 3.31. The van der Waals surface area contributed by atoms with Gasteiger partial charge in [0, 0.05) is 5.41 Å². The fraction of sp³-hybridized carbons (Fsp3) is 0.500. The SMILES string of the molecule is Cc1nc(CNc2nn3cc(C(C)(C)C)nc3s2)oc1C. The summed E-state index contributed by atoms with van der Waals surface area (Å²) in [6.07, 6.45) is 1.98. The van der Waals surface area contributed by atoms with E-state index in [1.54, 1.807) is 0 Å². The highest BCUT2D eigenvalue weighted by atomic mass is 32.1. The Balaban J connectivity index is 1.74. The summed E-state index contributed by atoms with van der Waals surface area (Å²) in [5.41, 5.74) is 2.01. The number of hydrogen-bond acceptors (Lipinski definition) is 6. The van der Waals surface area contributed by atoms with Gasteiger partial charge in [-0.15, -0.1) is 5.10 Å². The number of imidazole rings is 1. The summed E-state index contributed by atoms with van der Waals surface area (Å²) in [5, 5.41) is 8.52. The highest BCUT2D eigenvalue weighted by Crippen LogP contribution is 2.25. The Hall–Kier alpha value is -1.89. The van der Waals surface area contributed by atoms with Crippen LogP contribution in [0.2, 0.25) is 0 Å². The number of oxazole rings is 1. The maximum Gasteiger partial charge on any atom is 0.214 e.